The summed E-state index contributed by atoms with van der Waals surface area (Å²) in [6.45, 7) is 1.73. The molecule has 17 heavy (non-hydrogen) atoms. The van der Waals surface area contributed by atoms with Gasteiger partial charge in [-0.2, -0.15) is 11.8 Å². The summed E-state index contributed by atoms with van der Waals surface area (Å²) < 4.78 is 2.26. The van der Waals surface area contributed by atoms with Crippen molar-refractivity contribution < 1.29 is 0 Å². The minimum atomic E-state index is 0.693. The number of nitrogens with two attached hydrogens (primary N) is 1. The van der Waals surface area contributed by atoms with Crippen molar-refractivity contribution in [3.8, 4) is 0 Å². The van der Waals surface area contributed by atoms with Gasteiger partial charge in [-0.15, -0.1) is 0 Å². The minimum Gasteiger partial charge on any atom is -0.332 e. The van der Waals surface area contributed by atoms with E-state index in [-0.39, 0.29) is 0 Å². The molecule has 0 radical (unpaired) electrons. The highest BCUT2D eigenvalue weighted by Gasteiger charge is 2.07. The maximum Gasteiger partial charge on any atom is 0.140 e. The van der Waals surface area contributed by atoms with Crippen molar-refractivity contribution >= 4 is 22.8 Å². The molecule has 2 rings (SSSR count). The second-order valence-electron chi connectivity index (χ2n) is 4.11. The Labute approximate surface area is 106 Å². The Morgan fingerprint density at radius 1 is 1.47 bits per heavy atom. The van der Waals surface area contributed by atoms with E-state index in [0.29, 0.717) is 6.54 Å². The Morgan fingerprint density at radius 3 is 3.12 bits per heavy atom. The van der Waals surface area contributed by atoms with Gasteiger partial charge in [0.15, 0.2) is 0 Å². The van der Waals surface area contributed by atoms with E-state index in [2.05, 4.69) is 28.1 Å². The summed E-state index contributed by atoms with van der Waals surface area (Å²) >= 11 is 1.89. The van der Waals surface area contributed by atoms with Crippen LogP contribution in [-0.4, -0.2) is 28.1 Å². The minimum absolute atomic E-state index is 0.693. The molecular weight excluding hydrogens is 230 g/mol. The van der Waals surface area contributed by atoms with Gasteiger partial charge < -0.3 is 10.3 Å². The van der Waals surface area contributed by atoms with Crippen LogP contribution in [0, 0.1) is 0 Å². The zero-order valence-electron chi connectivity index (χ0n) is 10.2. The number of thioether (sulfide) groups is 1. The summed E-state index contributed by atoms with van der Waals surface area (Å²) in [6, 6.07) is 4.13. The third kappa shape index (κ3) is 2.82. The SMILES string of the molecule is CSCCCn1cc(CCN)c2cccnc21. The number of aryl methyl sites for hydroxylation is 1. The van der Waals surface area contributed by atoms with E-state index in [1.807, 2.05) is 24.0 Å². The summed E-state index contributed by atoms with van der Waals surface area (Å²) in [5.41, 5.74) is 8.06. The van der Waals surface area contributed by atoms with E-state index in [0.717, 1.165) is 18.6 Å². The third-order valence-corrected chi connectivity index (χ3v) is 3.57. The molecule has 0 fully saturated rings. The number of aromatic nitrogens is 2. The average molecular weight is 249 g/mol. The van der Waals surface area contributed by atoms with Crippen LogP contribution in [-0.2, 0) is 13.0 Å². The fraction of sp³-hybridized carbons (Fsp3) is 0.462. The zero-order valence-corrected chi connectivity index (χ0v) is 11.0. The number of pyridine rings is 1. The monoisotopic (exact) mass is 249 g/mol. The molecule has 2 aromatic heterocycles. The first-order valence-electron chi connectivity index (χ1n) is 5.98. The molecule has 4 heteroatoms. The summed E-state index contributed by atoms with van der Waals surface area (Å²) in [4.78, 5) is 4.48. The quantitative estimate of drug-likeness (QED) is 0.799. The lowest BCUT2D eigenvalue weighted by Crippen LogP contribution is -2.02. The molecule has 0 aliphatic carbocycles. The summed E-state index contributed by atoms with van der Waals surface area (Å²) in [6.07, 6.45) is 8.33. The molecular formula is C13H19N3S. The topological polar surface area (TPSA) is 43.8 Å². The standard InChI is InChI=1S/C13H19N3S/c1-17-9-3-8-16-10-11(5-6-14)12-4-2-7-15-13(12)16/h2,4,7,10H,3,5-6,8-9,14H2,1H3. The first-order valence-corrected chi connectivity index (χ1v) is 7.38. The first kappa shape index (κ1) is 12.5. The Balaban J connectivity index is 2.28. The third-order valence-electron chi connectivity index (χ3n) is 2.88. The number of nitrogens with zero attached hydrogens (tertiary/aromatic N) is 2. The second kappa shape index (κ2) is 6.07. The Bertz CT molecular complexity index is 478. The first-order chi connectivity index (χ1) is 8.36. The molecule has 0 atom stereocenters. The van der Waals surface area contributed by atoms with Crippen LogP contribution in [0.1, 0.15) is 12.0 Å². The lowest BCUT2D eigenvalue weighted by atomic mass is 10.2. The van der Waals surface area contributed by atoms with Gasteiger partial charge in [-0.1, -0.05) is 0 Å². The highest BCUT2D eigenvalue weighted by atomic mass is 32.2. The summed E-state index contributed by atoms with van der Waals surface area (Å²) in [7, 11) is 0. The van der Waals surface area contributed by atoms with Gasteiger partial charge in [-0.3, -0.25) is 0 Å². The van der Waals surface area contributed by atoms with Gasteiger partial charge in [-0.25, -0.2) is 4.98 Å². The van der Waals surface area contributed by atoms with Gasteiger partial charge in [0.05, 0.1) is 0 Å². The molecule has 0 saturated carbocycles. The van der Waals surface area contributed by atoms with Crippen LogP contribution in [0.15, 0.2) is 24.5 Å². The van der Waals surface area contributed by atoms with Crippen LogP contribution in [0.5, 0.6) is 0 Å². The van der Waals surface area contributed by atoms with Crippen LogP contribution in [0.25, 0.3) is 11.0 Å². The lowest BCUT2D eigenvalue weighted by molar-refractivity contribution is 0.700. The van der Waals surface area contributed by atoms with Crippen molar-refractivity contribution in [2.75, 3.05) is 18.6 Å². The smallest absolute Gasteiger partial charge is 0.140 e. The Morgan fingerprint density at radius 2 is 2.35 bits per heavy atom. The lowest BCUT2D eigenvalue weighted by Gasteiger charge is -2.02. The second-order valence-corrected chi connectivity index (χ2v) is 5.09. The molecule has 0 aromatic carbocycles. The van der Waals surface area contributed by atoms with Crippen molar-refractivity contribution in [1.82, 2.24) is 9.55 Å². The largest absolute Gasteiger partial charge is 0.332 e. The van der Waals surface area contributed by atoms with Gasteiger partial charge in [0.1, 0.15) is 5.65 Å². The average Bonchev–Trinajstić information content (AvgIpc) is 2.70. The van der Waals surface area contributed by atoms with Crippen LogP contribution >= 0.6 is 11.8 Å². The van der Waals surface area contributed by atoms with Crippen LogP contribution < -0.4 is 5.73 Å². The van der Waals surface area contributed by atoms with Gasteiger partial charge in [-0.05, 0) is 49.1 Å². The molecule has 0 saturated heterocycles. The molecule has 2 N–H and O–H groups in total. The molecule has 2 heterocycles. The zero-order chi connectivity index (χ0) is 12.1. The molecule has 92 valence electrons. The summed E-state index contributed by atoms with van der Waals surface area (Å²) in [5.74, 6) is 1.19. The van der Waals surface area contributed by atoms with Gasteiger partial charge >= 0.3 is 0 Å². The molecule has 0 unspecified atom stereocenters. The molecule has 3 nitrogen and oxygen atoms in total. The fourth-order valence-electron chi connectivity index (χ4n) is 2.10. The van der Waals surface area contributed by atoms with E-state index in [9.17, 15) is 0 Å². The molecule has 0 bridgehead atoms. The van der Waals surface area contributed by atoms with Crippen molar-refractivity contribution in [3.63, 3.8) is 0 Å². The predicted octanol–water partition coefficient (Wildman–Crippen LogP) is 2.29. The highest BCUT2D eigenvalue weighted by molar-refractivity contribution is 7.98. The number of hydrogen-bond acceptors (Lipinski definition) is 3. The normalized spacial score (nSPS) is 11.2. The highest BCUT2D eigenvalue weighted by Crippen LogP contribution is 2.20. The van der Waals surface area contributed by atoms with Crippen molar-refractivity contribution in [1.29, 1.82) is 0 Å². The predicted molar refractivity (Wildman–Crippen MR) is 75.5 cm³/mol. The van der Waals surface area contributed by atoms with Crippen molar-refractivity contribution in [2.45, 2.75) is 19.4 Å². The van der Waals surface area contributed by atoms with Crippen LogP contribution in [0.4, 0.5) is 0 Å². The van der Waals surface area contributed by atoms with Crippen LogP contribution in [0.2, 0.25) is 0 Å². The molecule has 0 aliphatic rings. The van der Waals surface area contributed by atoms with E-state index in [4.69, 9.17) is 5.73 Å². The molecule has 2 aromatic rings. The van der Waals surface area contributed by atoms with Gasteiger partial charge in [0.25, 0.3) is 0 Å². The Kier molecular flexibility index (Phi) is 4.45. The van der Waals surface area contributed by atoms with Crippen molar-refractivity contribution in [3.05, 3.63) is 30.1 Å². The molecule has 0 spiro atoms. The van der Waals surface area contributed by atoms with Gasteiger partial charge in [0.2, 0.25) is 0 Å². The fourth-order valence-corrected chi connectivity index (χ4v) is 2.52. The Hall–Kier alpha value is -1.00. The van der Waals surface area contributed by atoms with E-state index in [1.54, 1.807) is 0 Å². The maximum atomic E-state index is 5.65. The molecule has 0 aliphatic heterocycles. The van der Waals surface area contributed by atoms with E-state index in [1.165, 1.54) is 23.1 Å². The van der Waals surface area contributed by atoms with Gasteiger partial charge in [0, 0.05) is 24.3 Å². The maximum absolute atomic E-state index is 5.65. The number of rotatable bonds is 6. The number of hydrogen-bond donors (Lipinski definition) is 1. The summed E-state index contributed by atoms with van der Waals surface area (Å²) in [5, 5.41) is 1.25. The van der Waals surface area contributed by atoms with Crippen molar-refractivity contribution in [2.24, 2.45) is 5.73 Å². The molecule has 0 amide bonds. The van der Waals surface area contributed by atoms with Crippen LogP contribution in [0.3, 0.4) is 0 Å². The van der Waals surface area contributed by atoms with E-state index >= 15 is 0 Å². The van der Waals surface area contributed by atoms with E-state index < -0.39 is 0 Å². The number of fused-ring (bicyclic) bond motifs is 1.